The van der Waals surface area contributed by atoms with Crippen LogP contribution in [0.2, 0.25) is 5.02 Å². The Morgan fingerprint density at radius 1 is 1.32 bits per heavy atom. The van der Waals surface area contributed by atoms with Crippen LogP contribution in [0.5, 0.6) is 5.75 Å². The fourth-order valence-corrected chi connectivity index (χ4v) is 5.18. The number of rotatable bonds is 8. The van der Waals surface area contributed by atoms with Crippen molar-refractivity contribution in [1.82, 2.24) is 14.5 Å². The number of hydrogen-bond acceptors (Lipinski definition) is 5. The number of likely N-dealkylation sites (N-methyl/N-ethyl adjacent to an activating group) is 1. The Labute approximate surface area is 194 Å². The molecule has 1 fully saturated rings. The Balaban J connectivity index is 0.00000392. The van der Waals surface area contributed by atoms with Crippen molar-refractivity contribution in [3.63, 3.8) is 0 Å². The van der Waals surface area contributed by atoms with Gasteiger partial charge in [-0.1, -0.05) is 11.6 Å². The summed E-state index contributed by atoms with van der Waals surface area (Å²) in [6, 6.07) is 7.20. The molecule has 0 aliphatic carbocycles. The summed E-state index contributed by atoms with van der Waals surface area (Å²) in [5.41, 5.74) is 0. The van der Waals surface area contributed by atoms with Gasteiger partial charge in [-0.05, 0) is 24.3 Å². The molecule has 1 aliphatic rings. The zero-order valence-corrected chi connectivity index (χ0v) is 20.9. The van der Waals surface area contributed by atoms with E-state index >= 15 is 0 Å². The molecule has 0 aromatic heterocycles. The molecule has 7 nitrogen and oxygen atoms in total. The highest BCUT2D eigenvalue weighted by Crippen LogP contribution is 2.15. The second kappa shape index (κ2) is 13.0. The van der Waals surface area contributed by atoms with Crippen molar-refractivity contribution < 1.29 is 13.2 Å². The SMILES string of the molecule is CN=C(NCCS(=O)(=O)N1CCSCC1)N(C)CCOc1ccc(Cl)cc1.I. The van der Waals surface area contributed by atoms with Gasteiger partial charge in [-0.3, -0.25) is 4.99 Å². The first-order valence-corrected chi connectivity index (χ1v) is 11.9. The average Bonchev–Trinajstić information content (AvgIpc) is 2.67. The molecule has 0 unspecified atom stereocenters. The molecule has 11 heteroatoms. The van der Waals surface area contributed by atoms with Crippen LogP contribution in [-0.4, -0.2) is 87.7 Å². The fourth-order valence-electron chi connectivity index (χ4n) is 2.57. The number of thioether (sulfide) groups is 1. The Morgan fingerprint density at radius 2 is 1.96 bits per heavy atom. The molecule has 0 bridgehead atoms. The number of nitrogens with zero attached hydrogens (tertiary/aromatic N) is 3. The molecule has 0 atom stereocenters. The van der Waals surface area contributed by atoms with Crippen molar-refractivity contribution in [3.05, 3.63) is 29.3 Å². The van der Waals surface area contributed by atoms with E-state index in [1.165, 1.54) is 0 Å². The summed E-state index contributed by atoms with van der Waals surface area (Å²) in [4.78, 5) is 6.11. The number of hydrogen-bond donors (Lipinski definition) is 1. The smallest absolute Gasteiger partial charge is 0.215 e. The van der Waals surface area contributed by atoms with Crippen LogP contribution in [-0.2, 0) is 10.0 Å². The molecule has 0 saturated carbocycles. The molecule has 0 radical (unpaired) electrons. The van der Waals surface area contributed by atoms with Crippen LogP contribution in [0, 0.1) is 0 Å². The lowest BCUT2D eigenvalue weighted by molar-refractivity contribution is 0.281. The van der Waals surface area contributed by atoms with Crippen molar-refractivity contribution in [1.29, 1.82) is 0 Å². The van der Waals surface area contributed by atoms with Crippen LogP contribution in [0.1, 0.15) is 0 Å². The number of aliphatic imine (C=N–C) groups is 1. The number of benzene rings is 1. The maximum Gasteiger partial charge on any atom is 0.215 e. The van der Waals surface area contributed by atoms with E-state index in [0.29, 0.717) is 43.8 Å². The quantitative estimate of drug-likeness (QED) is 0.298. The van der Waals surface area contributed by atoms with E-state index in [2.05, 4.69) is 10.3 Å². The van der Waals surface area contributed by atoms with E-state index in [-0.39, 0.29) is 29.7 Å². The van der Waals surface area contributed by atoms with Crippen molar-refractivity contribution >= 4 is 63.3 Å². The number of nitrogens with one attached hydrogen (secondary N) is 1. The molecule has 0 spiro atoms. The first-order chi connectivity index (χ1) is 12.9. The lowest BCUT2D eigenvalue weighted by atomic mass is 10.3. The third-order valence-corrected chi connectivity index (χ3v) is 7.16. The largest absolute Gasteiger partial charge is 0.492 e. The summed E-state index contributed by atoms with van der Waals surface area (Å²) in [6.45, 7) is 2.61. The Hall–Kier alpha value is -0.430. The fraction of sp³-hybridized carbons (Fsp3) is 0.588. The Kier molecular flexibility index (Phi) is 11.9. The molecule has 1 saturated heterocycles. The summed E-state index contributed by atoms with van der Waals surface area (Å²) in [5, 5.41) is 3.78. The van der Waals surface area contributed by atoms with Gasteiger partial charge in [0.2, 0.25) is 10.0 Å². The molecule has 2 rings (SSSR count). The molecule has 28 heavy (non-hydrogen) atoms. The van der Waals surface area contributed by atoms with E-state index in [4.69, 9.17) is 16.3 Å². The van der Waals surface area contributed by atoms with Gasteiger partial charge in [-0.2, -0.15) is 11.8 Å². The van der Waals surface area contributed by atoms with Gasteiger partial charge in [0.05, 0.1) is 12.3 Å². The predicted molar refractivity (Wildman–Crippen MR) is 129 cm³/mol. The van der Waals surface area contributed by atoms with Gasteiger partial charge in [0.25, 0.3) is 0 Å². The van der Waals surface area contributed by atoms with E-state index in [1.807, 2.05) is 24.1 Å². The zero-order valence-electron chi connectivity index (χ0n) is 16.1. The molecule has 1 aromatic rings. The highest BCUT2D eigenvalue weighted by atomic mass is 127. The van der Waals surface area contributed by atoms with E-state index in [0.717, 1.165) is 17.3 Å². The monoisotopic (exact) mass is 562 g/mol. The van der Waals surface area contributed by atoms with Gasteiger partial charge < -0.3 is 15.0 Å². The molecule has 0 amide bonds. The van der Waals surface area contributed by atoms with Gasteiger partial charge in [0.1, 0.15) is 12.4 Å². The highest BCUT2D eigenvalue weighted by molar-refractivity contribution is 14.0. The van der Waals surface area contributed by atoms with Crippen molar-refractivity contribution in [2.24, 2.45) is 4.99 Å². The standard InChI is InChI=1S/C17H27ClN4O3S2.HI/c1-19-17(20-7-14-27(23,24)22-9-12-26-13-10-22)21(2)8-11-25-16-5-3-15(18)4-6-16;/h3-6H,7-14H2,1-2H3,(H,19,20);1H. The van der Waals surface area contributed by atoms with E-state index in [9.17, 15) is 8.42 Å². The maximum atomic E-state index is 12.4. The van der Waals surface area contributed by atoms with Crippen molar-refractivity contribution in [3.8, 4) is 5.75 Å². The first-order valence-electron chi connectivity index (χ1n) is 8.78. The third-order valence-electron chi connectivity index (χ3n) is 4.09. The minimum atomic E-state index is -3.22. The molecular formula is C17H28ClIN4O3S2. The predicted octanol–water partition coefficient (Wildman–Crippen LogP) is 2.22. The first kappa shape index (κ1) is 25.6. The van der Waals surface area contributed by atoms with Crippen LogP contribution in [0.4, 0.5) is 0 Å². The van der Waals surface area contributed by atoms with Gasteiger partial charge in [0.15, 0.2) is 5.96 Å². The van der Waals surface area contributed by atoms with Crippen molar-refractivity contribution in [2.75, 3.05) is 64.1 Å². The van der Waals surface area contributed by atoms with Gasteiger partial charge in [-0.25, -0.2) is 12.7 Å². The zero-order chi connectivity index (χ0) is 19.7. The van der Waals surface area contributed by atoms with Crippen LogP contribution < -0.4 is 10.1 Å². The Morgan fingerprint density at radius 3 is 2.57 bits per heavy atom. The Bertz CT molecular complexity index is 714. The minimum Gasteiger partial charge on any atom is -0.492 e. The van der Waals surface area contributed by atoms with Crippen LogP contribution >= 0.6 is 47.3 Å². The molecule has 1 N–H and O–H groups in total. The van der Waals surface area contributed by atoms with Gasteiger partial charge >= 0.3 is 0 Å². The topological polar surface area (TPSA) is 74.2 Å². The highest BCUT2D eigenvalue weighted by Gasteiger charge is 2.23. The number of halogens is 2. The average molecular weight is 563 g/mol. The van der Waals surface area contributed by atoms with Crippen LogP contribution in [0.15, 0.2) is 29.3 Å². The summed E-state index contributed by atoms with van der Waals surface area (Å²) >= 11 is 7.64. The van der Waals surface area contributed by atoms with Gasteiger partial charge in [0, 0.05) is 50.3 Å². The maximum absolute atomic E-state index is 12.4. The number of ether oxygens (including phenoxy) is 1. The molecule has 1 aliphatic heterocycles. The lowest BCUT2D eigenvalue weighted by Gasteiger charge is -2.26. The number of guanidine groups is 1. The number of sulfonamides is 1. The van der Waals surface area contributed by atoms with E-state index in [1.54, 1.807) is 35.2 Å². The lowest BCUT2D eigenvalue weighted by Crippen LogP contribution is -2.45. The van der Waals surface area contributed by atoms with E-state index < -0.39 is 10.0 Å². The van der Waals surface area contributed by atoms with Gasteiger partial charge in [-0.15, -0.1) is 24.0 Å². The minimum absolute atomic E-state index is 0. The molecule has 1 aromatic carbocycles. The second-order valence-corrected chi connectivity index (χ2v) is 9.78. The van der Waals surface area contributed by atoms with Crippen molar-refractivity contribution in [2.45, 2.75) is 0 Å². The molecular weight excluding hydrogens is 535 g/mol. The normalized spacial score (nSPS) is 15.6. The summed E-state index contributed by atoms with van der Waals surface area (Å²) in [6.07, 6.45) is 0. The third kappa shape index (κ3) is 8.52. The molecule has 1 heterocycles. The summed E-state index contributed by atoms with van der Waals surface area (Å²) in [5.74, 6) is 3.18. The summed E-state index contributed by atoms with van der Waals surface area (Å²) in [7, 11) is 0.341. The van der Waals surface area contributed by atoms with Crippen LogP contribution in [0.3, 0.4) is 0 Å². The summed E-state index contributed by atoms with van der Waals surface area (Å²) < 4.78 is 32.0. The second-order valence-electron chi connectivity index (χ2n) is 6.03. The molecule has 160 valence electrons. The van der Waals surface area contributed by atoms with Crippen LogP contribution in [0.25, 0.3) is 0 Å².